The first-order valence-corrected chi connectivity index (χ1v) is 12.1. The van der Waals surface area contributed by atoms with Gasteiger partial charge in [-0.15, -0.1) is 0 Å². The van der Waals surface area contributed by atoms with Crippen LogP contribution in [0.5, 0.6) is 11.5 Å². The lowest BCUT2D eigenvalue weighted by molar-refractivity contribution is -0.111. The monoisotopic (exact) mass is 491 g/mol. The Morgan fingerprint density at radius 1 is 1.06 bits per heavy atom. The number of ether oxygens (including phenoxy) is 3. The van der Waals surface area contributed by atoms with Crippen LogP contribution in [0.3, 0.4) is 0 Å². The van der Waals surface area contributed by atoms with Crippen LogP contribution in [0.4, 0.5) is 5.82 Å². The molecule has 0 spiro atoms. The molecule has 190 valence electrons. The van der Waals surface area contributed by atoms with Gasteiger partial charge in [0.25, 0.3) is 5.91 Å². The molecule has 0 atom stereocenters. The van der Waals surface area contributed by atoms with Crippen molar-refractivity contribution in [2.24, 2.45) is 7.05 Å². The Kier molecular flexibility index (Phi) is 9.68. The maximum atomic E-state index is 13.5. The summed E-state index contributed by atoms with van der Waals surface area (Å²) in [5.74, 6) is 0.558. The van der Waals surface area contributed by atoms with Crippen molar-refractivity contribution in [1.82, 2.24) is 9.78 Å². The predicted octanol–water partition coefficient (Wildman–Crippen LogP) is 5.35. The normalized spacial score (nSPS) is 11.2. The van der Waals surface area contributed by atoms with Gasteiger partial charge < -0.3 is 19.5 Å². The van der Waals surface area contributed by atoms with E-state index in [2.05, 4.69) is 17.3 Å². The number of carbonyl (C=O) groups is 2. The van der Waals surface area contributed by atoms with E-state index in [1.165, 1.54) is 10.9 Å². The highest BCUT2D eigenvalue weighted by atomic mass is 16.5. The standard InChI is InChI=1S/C28H33N3O5/c1-5-7-11-16-36-24-15-14-20(18-25(24)34-4)17-22(21-12-9-8-10-13-21)27(32)30-26-23(19-29-31(26)3)28(33)35-6-2/h8-10,12-15,17-19H,5-7,11,16H2,1-4H3,(H,30,32)/b22-17+. The lowest BCUT2D eigenvalue weighted by Crippen LogP contribution is -2.18. The predicted molar refractivity (Wildman–Crippen MR) is 140 cm³/mol. The van der Waals surface area contributed by atoms with Gasteiger partial charge in [-0.1, -0.05) is 56.2 Å². The molecule has 2 aromatic carbocycles. The van der Waals surface area contributed by atoms with Crippen molar-refractivity contribution in [3.63, 3.8) is 0 Å². The van der Waals surface area contributed by atoms with Crippen LogP contribution in [0.2, 0.25) is 0 Å². The zero-order valence-corrected chi connectivity index (χ0v) is 21.2. The van der Waals surface area contributed by atoms with Crippen LogP contribution in [-0.2, 0) is 16.6 Å². The molecule has 0 aliphatic heterocycles. The zero-order chi connectivity index (χ0) is 25.9. The smallest absolute Gasteiger partial charge is 0.343 e. The maximum absolute atomic E-state index is 13.5. The molecule has 0 bridgehead atoms. The molecule has 0 saturated carbocycles. The van der Waals surface area contributed by atoms with Crippen molar-refractivity contribution in [2.75, 3.05) is 25.6 Å². The Morgan fingerprint density at radius 2 is 1.83 bits per heavy atom. The van der Waals surface area contributed by atoms with Crippen molar-refractivity contribution in [1.29, 1.82) is 0 Å². The number of amides is 1. The molecule has 3 aromatic rings. The maximum Gasteiger partial charge on any atom is 0.343 e. The highest BCUT2D eigenvalue weighted by molar-refractivity contribution is 6.29. The summed E-state index contributed by atoms with van der Waals surface area (Å²) in [4.78, 5) is 25.8. The minimum absolute atomic E-state index is 0.186. The van der Waals surface area contributed by atoms with Crippen molar-refractivity contribution >= 4 is 29.3 Å². The number of hydrogen-bond donors (Lipinski definition) is 1. The average molecular weight is 492 g/mol. The number of hydrogen-bond acceptors (Lipinski definition) is 6. The summed E-state index contributed by atoms with van der Waals surface area (Å²) in [5.41, 5.74) is 2.07. The number of benzene rings is 2. The van der Waals surface area contributed by atoms with E-state index >= 15 is 0 Å². The van der Waals surface area contributed by atoms with E-state index in [1.807, 2.05) is 48.5 Å². The van der Waals surface area contributed by atoms with Gasteiger partial charge in [0.15, 0.2) is 11.5 Å². The molecular weight excluding hydrogens is 458 g/mol. The molecular formula is C28H33N3O5. The second kappa shape index (κ2) is 13.1. The summed E-state index contributed by atoms with van der Waals surface area (Å²) in [6.45, 7) is 4.70. The lowest BCUT2D eigenvalue weighted by Gasteiger charge is -2.13. The number of nitrogens with one attached hydrogen (secondary N) is 1. The molecule has 0 aliphatic rings. The summed E-state index contributed by atoms with van der Waals surface area (Å²) >= 11 is 0. The fourth-order valence-corrected chi connectivity index (χ4v) is 3.61. The van der Waals surface area contributed by atoms with Crippen molar-refractivity contribution in [2.45, 2.75) is 33.1 Å². The van der Waals surface area contributed by atoms with E-state index in [1.54, 1.807) is 27.2 Å². The van der Waals surface area contributed by atoms with E-state index in [-0.39, 0.29) is 18.0 Å². The fourth-order valence-electron chi connectivity index (χ4n) is 3.61. The lowest BCUT2D eigenvalue weighted by atomic mass is 10.0. The summed E-state index contributed by atoms with van der Waals surface area (Å²) in [6, 6.07) is 14.9. The van der Waals surface area contributed by atoms with E-state index in [9.17, 15) is 9.59 Å². The van der Waals surface area contributed by atoms with Gasteiger partial charge in [0.2, 0.25) is 0 Å². The first kappa shape index (κ1) is 26.5. The van der Waals surface area contributed by atoms with Crippen LogP contribution in [0.1, 0.15) is 54.6 Å². The summed E-state index contributed by atoms with van der Waals surface area (Å²) in [7, 11) is 3.24. The number of rotatable bonds is 12. The number of anilines is 1. The Labute approximate surface area is 211 Å². The number of esters is 1. The third-order valence-electron chi connectivity index (χ3n) is 5.50. The number of methoxy groups -OCH3 is 1. The van der Waals surface area contributed by atoms with Gasteiger partial charge in [-0.05, 0) is 42.7 Å². The van der Waals surface area contributed by atoms with Gasteiger partial charge in [0.1, 0.15) is 11.4 Å². The minimum atomic E-state index is -0.551. The second-order valence-electron chi connectivity index (χ2n) is 8.09. The van der Waals surface area contributed by atoms with Crippen LogP contribution in [0.15, 0.2) is 54.7 Å². The second-order valence-corrected chi connectivity index (χ2v) is 8.09. The number of nitrogens with zero attached hydrogens (tertiary/aromatic N) is 2. The summed E-state index contributed by atoms with van der Waals surface area (Å²) < 4.78 is 18.0. The Balaban J connectivity index is 1.93. The number of aromatic nitrogens is 2. The van der Waals surface area contributed by atoms with Crippen LogP contribution in [0, 0.1) is 0 Å². The first-order chi connectivity index (χ1) is 17.5. The summed E-state index contributed by atoms with van der Waals surface area (Å²) in [5, 5.41) is 6.94. The molecule has 1 amide bonds. The molecule has 1 heterocycles. The average Bonchev–Trinajstić information content (AvgIpc) is 3.26. The molecule has 0 saturated heterocycles. The van der Waals surface area contributed by atoms with E-state index < -0.39 is 11.9 Å². The topological polar surface area (TPSA) is 91.7 Å². The van der Waals surface area contributed by atoms with Crippen LogP contribution in [0.25, 0.3) is 11.6 Å². The molecule has 1 N–H and O–H groups in total. The molecule has 8 nitrogen and oxygen atoms in total. The Bertz CT molecular complexity index is 1200. The zero-order valence-electron chi connectivity index (χ0n) is 21.2. The molecule has 36 heavy (non-hydrogen) atoms. The van der Waals surface area contributed by atoms with Crippen molar-refractivity contribution < 1.29 is 23.8 Å². The molecule has 0 radical (unpaired) electrons. The highest BCUT2D eigenvalue weighted by Gasteiger charge is 2.21. The SMILES string of the molecule is CCCCCOc1ccc(/C=C(/C(=O)Nc2c(C(=O)OCC)cnn2C)c2ccccc2)cc1OC. The molecule has 0 aliphatic carbocycles. The number of unbranched alkanes of at least 4 members (excludes halogenated alkanes) is 2. The summed E-state index contributed by atoms with van der Waals surface area (Å²) in [6.07, 6.45) is 6.35. The highest BCUT2D eigenvalue weighted by Crippen LogP contribution is 2.30. The van der Waals surface area contributed by atoms with Gasteiger partial charge in [0.05, 0.1) is 26.5 Å². The first-order valence-electron chi connectivity index (χ1n) is 12.1. The number of aryl methyl sites for hydroxylation is 1. The Morgan fingerprint density at radius 3 is 2.53 bits per heavy atom. The van der Waals surface area contributed by atoms with Crippen LogP contribution >= 0.6 is 0 Å². The largest absolute Gasteiger partial charge is 0.493 e. The third kappa shape index (κ3) is 6.75. The Hall–Kier alpha value is -4.07. The van der Waals surface area contributed by atoms with Crippen molar-refractivity contribution in [3.05, 3.63) is 71.4 Å². The fraction of sp³-hybridized carbons (Fsp3) is 0.321. The third-order valence-corrected chi connectivity index (χ3v) is 5.50. The minimum Gasteiger partial charge on any atom is -0.493 e. The van der Waals surface area contributed by atoms with E-state index in [0.29, 0.717) is 29.2 Å². The van der Waals surface area contributed by atoms with Gasteiger partial charge in [-0.2, -0.15) is 5.10 Å². The van der Waals surface area contributed by atoms with E-state index in [4.69, 9.17) is 14.2 Å². The molecule has 1 aromatic heterocycles. The van der Waals surface area contributed by atoms with Gasteiger partial charge in [-0.3, -0.25) is 9.48 Å². The van der Waals surface area contributed by atoms with E-state index in [0.717, 1.165) is 24.8 Å². The van der Waals surface area contributed by atoms with Gasteiger partial charge in [0, 0.05) is 12.6 Å². The molecule has 8 heteroatoms. The van der Waals surface area contributed by atoms with Crippen molar-refractivity contribution in [3.8, 4) is 11.5 Å². The number of carbonyl (C=O) groups excluding carboxylic acids is 2. The molecule has 3 rings (SSSR count). The van der Waals surface area contributed by atoms with Crippen LogP contribution in [-0.4, -0.2) is 42.0 Å². The molecule has 0 unspecified atom stereocenters. The molecule has 0 fully saturated rings. The van der Waals surface area contributed by atoms with Gasteiger partial charge >= 0.3 is 5.97 Å². The quantitative estimate of drug-likeness (QED) is 0.159. The van der Waals surface area contributed by atoms with Gasteiger partial charge in [-0.25, -0.2) is 4.79 Å². The van der Waals surface area contributed by atoms with Crippen LogP contribution < -0.4 is 14.8 Å².